The number of pyridine rings is 1. The molecule has 0 saturated heterocycles. The first-order valence-electron chi connectivity index (χ1n) is 9.91. The van der Waals surface area contributed by atoms with E-state index in [9.17, 15) is 9.90 Å². The Labute approximate surface area is 178 Å². The molecule has 0 fully saturated rings. The lowest BCUT2D eigenvalue weighted by atomic mass is 10.1. The zero-order valence-corrected chi connectivity index (χ0v) is 16.5. The number of rotatable bonds is 4. The van der Waals surface area contributed by atoms with E-state index in [-0.39, 0.29) is 11.3 Å². The van der Waals surface area contributed by atoms with Gasteiger partial charge in [-0.1, -0.05) is 42.5 Å². The number of nitrogens with zero attached hydrogens (tertiary/aromatic N) is 1. The predicted octanol–water partition coefficient (Wildman–Crippen LogP) is 5.64. The van der Waals surface area contributed by atoms with Crippen LogP contribution in [0.25, 0.3) is 34.0 Å². The molecule has 0 atom stereocenters. The standard InChI is InChI=1S/C26H19N3O2/c30-20-11-7-18(8-12-20)4-3-17-5-9-19(10-6-17)28-16-22-25-21-2-1-15-27-23(21)13-14-24(25)29-26(22)31/h1-16,27,30H,(H,29,31). The number of fused-ring (bicyclic) bond motifs is 3. The number of phenolic OH excluding ortho intramolecular Hbond substituents is 1. The molecule has 150 valence electrons. The van der Waals surface area contributed by atoms with Gasteiger partial charge in [0.15, 0.2) is 0 Å². The van der Waals surface area contributed by atoms with Crippen LogP contribution in [0.2, 0.25) is 0 Å². The topological polar surface area (TPSA) is 81.2 Å². The lowest BCUT2D eigenvalue weighted by Gasteiger charge is -2.00. The van der Waals surface area contributed by atoms with E-state index in [4.69, 9.17) is 0 Å². The Bertz CT molecular complexity index is 1490. The molecule has 0 aliphatic carbocycles. The van der Waals surface area contributed by atoms with Crippen LogP contribution in [0.1, 0.15) is 16.7 Å². The minimum Gasteiger partial charge on any atom is -0.508 e. The van der Waals surface area contributed by atoms with Crippen LogP contribution in [-0.4, -0.2) is 21.3 Å². The van der Waals surface area contributed by atoms with Crippen LogP contribution in [0.5, 0.6) is 5.75 Å². The summed E-state index contributed by atoms with van der Waals surface area (Å²) in [5.41, 5.74) is 4.97. The lowest BCUT2D eigenvalue weighted by molar-refractivity contribution is 0.475. The summed E-state index contributed by atoms with van der Waals surface area (Å²) < 4.78 is 0. The van der Waals surface area contributed by atoms with E-state index >= 15 is 0 Å². The zero-order chi connectivity index (χ0) is 21.2. The second kappa shape index (κ2) is 7.80. The molecule has 2 aromatic heterocycles. The molecule has 0 amide bonds. The van der Waals surface area contributed by atoms with Gasteiger partial charge in [-0.05, 0) is 53.6 Å². The van der Waals surface area contributed by atoms with Crippen molar-refractivity contribution in [2.75, 3.05) is 0 Å². The molecule has 5 nitrogen and oxygen atoms in total. The highest BCUT2D eigenvalue weighted by molar-refractivity contribution is 6.13. The molecule has 2 heterocycles. The number of benzene rings is 3. The number of aromatic hydroxyl groups is 1. The van der Waals surface area contributed by atoms with Crippen LogP contribution in [0.3, 0.4) is 0 Å². The molecule has 0 aliphatic heterocycles. The van der Waals surface area contributed by atoms with E-state index in [0.717, 1.165) is 38.6 Å². The number of phenols is 1. The monoisotopic (exact) mass is 405 g/mol. The van der Waals surface area contributed by atoms with Crippen LogP contribution in [-0.2, 0) is 0 Å². The molecule has 3 aromatic carbocycles. The highest BCUT2D eigenvalue weighted by atomic mass is 16.3. The number of H-pyrrole nitrogens is 2. The zero-order valence-electron chi connectivity index (χ0n) is 16.5. The van der Waals surface area contributed by atoms with Gasteiger partial charge in [0.25, 0.3) is 5.56 Å². The molecule has 0 aliphatic rings. The first-order valence-corrected chi connectivity index (χ1v) is 9.91. The number of hydrogen-bond acceptors (Lipinski definition) is 3. The Balaban J connectivity index is 1.42. The smallest absolute Gasteiger partial charge is 0.257 e. The van der Waals surface area contributed by atoms with Gasteiger partial charge < -0.3 is 15.1 Å². The Morgan fingerprint density at radius 2 is 1.48 bits per heavy atom. The van der Waals surface area contributed by atoms with Gasteiger partial charge in [0.05, 0.1) is 11.3 Å². The molecule has 0 saturated carbocycles. The molecule has 5 heteroatoms. The normalized spacial score (nSPS) is 11.9. The van der Waals surface area contributed by atoms with Gasteiger partial charge in [-0.3, -0.25) is 9.79 Å². The van der Waals surface area contributed by atoms with Crippen molar-refractivity contribution in [1.29, 1.82) is 0 Å². The second-order valence-electron chi connectivity index (χ2n) is 7.26. The summed E-state index contributed by atoms with van der Waals surface area (Å²) in [5, 5.41) is 11.2. The maximum absolute atomic E-state index is 12.5. The second-order valence-corrected chi connectivity index (χ2v) is 7.26. The van der Waals surface area contributed by atoms with Crippen molar-refractivity contribution in [2.45, 2.75) is 0 Å². The van der Waals surface area contributed by atoms with Gasteiger partial charge in [0.2, 0.25) is 0 Å². The third-order valence-corrected chi connectivity index (χ3v) is 5.20. The summed E-state index contributed by atoms with van der Waals surface area (Å²) in [5.74, 6) is 0.252. The van der Waals surface area contributed by atoms with Gasteiger partial charge in [-0.2, -0.15) is 0 Å². The summed E-state index contributed by atoms with van der Waals surface area (Å²) in [6, 6.07) is 22.6. The van der Waals surface area contributed by atoms with E-state index in [1.807, 2.05) is 79.0 Å². The first-order chi connectivity index (χ1) is 15.2. The molecule has 5 rings (SSSR count). The van der Waals surface area contributed by atoms with Gasteiger partial charge in [0, 0.05) is 34.2 Å². The molecule has 0 radical (unpaired) electrons. The minimum absolute atomic E-state index is 0.149. The molecular formula is C26H19N3O2. The number of nitrogens with one attached hydrogen (secondary N) is 2. The molecule has 3 N–H and O–H groups in total. The number of hydrogen-bond donors (Lipinski definition) is 3. The van der Waals surface area contributed by atoms with E-state index in [1.165, 1.54) is 0 Å². The fourth-order valence-corrected chi connectivity index (χ4v) is 3.61. The lowest BCUT2D eigenvalue weighted by Crippen LogP contribution is -2.04. The Morgan fingerprint density at radius 3 is 2.23 bits per heavy atom. The van der Waals surface area contributed by atoms with Crippen molar-refractivity contribution in [3.63, 3.8) is 0 Å². The highest BCUT2D eigenvalue weighted by Gasteiger charge is 2.11. The molecule has 31 heavy (non-hydrogen) atoms. The van der Waals surface area contributed by atoms with Gasteiger partial charge >= 0.3 is 0 Å². The van der Waals surface area contributed by atoms with Crippen molar-refractivity contribution < 1.29 is 5.11 Å². The summed E-state index contributed by atoms with van der Waals surface area (Å²) >= 11 is 0. The molecule has 0 spiro atoms. The highest BCUT2D eigenvalue weighted by Crippen LogP contribution is 2.24. The quantitative estimate of drug-likeness (QED) is 0.267. The predicted molar refractivity (Wildman–Crippen MR) is 127 cm³/mol. The van der Waals surface area contributed by atoms with Crippen molar-refractivity contribution in [3.05, 3.63) is 106 Å². The van der Waals surface area contributed by atoms with E-state index in [1.54, 1.807) is 18.3 Å². The van der Waals surface area contributed by atoms with Crippen LogP contribution < -0.4 is 5.56 Å². The Hall–Kier alpha value is -4.38. The van der Waals surface area contributed by atoms with Crippen LogP contribution >= 0.6 is 0 Å². The molecular weight excluding hydrogens is 386 g/mol. The van der Waals surface area contributed by atoms with Crippen molar-refractivity contribution in [3.8, 4) is 5.75 Å². The maximum atomic E-state index is 12.5. The van der Waals surface area contributed by atoms with Gasteiger partial charge in [-0.15, -0.1) is 0 Å². The number of aromatic amines is 2. The van der Waals surface area contributed by atoms with Crippen molar-refractivity contribution in [2.24, 2.45) is 4.99 Å². The molecule has 5 aromatic rings. The summed E-state index contributed by atoms with van der Waals surface area (Å²) in [6.45, 7) is 0. The third-order valence-electron chi connectivity index (χ3n) is 5.20. The Morgan fingerprint density at radius 1 is 0.806 bits per heavy atom. The fraction of sp³-hybridized carbons (Fsp3) is 0. The summed E-state index contributed by atoms with van der Waals surface area (Å²) in [7, 11) is 0. The van der Waals surface area contributed by atoms with Crippen molar-refractivity contribution in [1.82, 2.24) is 9.97 Å². The first kappa shape index (κ1) is 18.6. The summed E-state index contributed by atoms with van der Waals surface area (Å²) in [4.78, 5) is 23.2. The minimum atomic E-state index is -0.149. The molecule has 0 unspecified atom stereocenters. The van der Waals surface area contributed by atoms with Gasteiger partial charge in [-0.25, -0.2) is 0 Å². The van der Waals surface area contributed by atoms with Gasteiger partial charge in [0.1, 0.15) is 5.75 Å². The van der Waals surface area contributed by atoms with E-state index in [0.29, 0.717) is 5.56 Å². The van der Waals surface area contributed by atoms with E-state index < -0.39 is 0 Å². The average molecular weight is 405 g/mol. The number of aromatic nitrogens is 2. The van der Waals surface area contributed by atoms with Crippen LogP contribution in [0, 0.1) is 0 Å². The molecule has 0 bridgehead atoms. The van der Waals surface area contributed by atoms with Crippen molar-refractivity contribution >= 4 is 45.9 Å². The van der Waals surface area contributed by atoms with Crippen LogP contribution in [0.15, 0.2) is 88.8 Å². The summed E-state index contributed by atoms with van der Waals surface area (Å²) in [6.07, 6.45) is 7.48. The third kappa shape index (κ3) is 3.76. The average Bonchev–Trinajstić information content (AvgIpc) is 3.13. The Kier molecular flexibility index (Phi) is 4.69. The van der Waals surface area contributed by atoms with E-state index in [2.05, 4.69) is 15.0 Å². The fourth-order valence-electron chi connectivity index (χ4n) is 3.61. The largest absolute Gasteiger partial charge is 0.508 e. The number of aliphatic imine (C=N–C) groups is 1. The van der Waals surface area contributed by atoms with Crippen LogP contribution in [0.4, 0.5) is 5.69 Å². The maximum Gasteiger partial charge on any atom is 0.257 e. The SMILES string of the molecule is O=c1[nH]c2ccc3[nH]cccc3c2c1C=Nc1ccc(C=Cc2ccc(O)cc2)cc1.